The maximum absolute atomic E-state index is 12.7. The van der Waals surface area contributed by atoms with Gasteiger partial charge in [0.15, 0.2) is 0 Å². The molecule has 4 rings (SSSR count). The van der Waals surface area contributed by atoms with Crippen molar-refractivity contribution < 1.29 is 9.53 Å². The molecule has 0 unspecified atom stereocenters. The molecule has 0 bridgehead atoms. The van der Waals surface area contributed by atoms with Crippen LogP contribution in [-0.2, 0) is 4.74 Å². The molecule has 0 N–H and O–H groups in total. The van der Waals surface area contributed by atoms with E-state index in [4.69, 9.17) is 4.74 Å². The second kappa shape index (κ2) is 8.19. The summed E-state index contributed by atoms with van der Waals surface area (Å²) in [6.07, 6.45) is 1.00. The van der Waals surface area contributed by atoms with Gasteiger partial charge < -0.3 is 9.64 Å². The molecule has 1 aliphatic heterocycles. The van der Waals surface area contributed by atoms with Gasteiger partial charge in [-0.15, -0.1) is 0 Å². The number of carbonyl (C=O) groups excluding carboxylic acids is 1. The van der Waals surface area contributed by atoms with Gasteiger partial charge >= 0.3 is 6.09 Å². The van der Waals surface area contributed by atoms with Crippen molar-refractivity contribution in [2.45, 2.75) is 33.1 Å². The molecule has 0 aromatic heterocycles. The Hall–Kier alpha value is -2.33. The molecule has 0 radical (unpaired) electrons. The molecule has 0 atom stereocenters. The van der Waals surface area contributed by atoms with E-state index in [0.717, 1.165) is 32.7 Å². The third kappa shape index (κ3) is 4.48. The number of carbonyl (C=O) groups is 1. The summed E-state index contributed by atoms with van der Waals surface area (Å²) in [5, 5.41) is 0. The zero-order valence-electron chi connectivity index (χ0n) is 17.9. The molecule has 1 fully saturated rings. The predicted molar refractivity (Wildman–Crippen MR) is 117 cm³/mol. The van der Waals surface area contributed by atoms with E-state index in [2.05, 4.69) is 74.2 Å². The first-order valence-electron chi connectivity index (χ1n) is 10.7. The fraction of sp³-hybridized carbons (Fsp3) is 0.480. The van der Waals surface area contributed by atoms with Gasteiger partial charge in [0.05, 0.1) is 0 Å². The van der Waals surface area contributed by atoms with Gasteiger partial charge in [-0.3, -0.25) is 4.90 Å². The van der Waals surface area contributed by atoms with E-state index in [1.165, 1.54) is 28.7 Å². The number of hydrogen-bond donors (Lipinski definition) is 0. The summed E-state index contributed by atoms with van der Waals surface area (Å²) in [5.41, 5.74) is 5.39. The van der Waals surface area contributed by atoms with Crippen LogP contribution in [0.3, 0.4) is 0 Å². The molecule has 2 aromatic rings. The molecule has 1 saturated heterocycles. The molecule has 1 amide bonds. The van der Waals surface area contributed by atoms with Crippen molar-refractivity contribution in [3.8, 4) is 11.1 Å². The highest BCUT2D eigenvalue weighted by atomic mass is 16.6. The zero-order chi connectivity index (χ0) is 20.4. The van der Waals surface area contributed by atoms with E-state index in [1.54, 1.807) is 0 Å². The highest BCUT2D eigenvalue weighted by Crippen LogP contribution is 2.44. The van der Waals surface area contributed by atoms with Gasteiger partial charge in [0.1, 0.15) is 6.61 Å². The Kier molecular flexibility index (Phi) is 5.64. The Morgan fingerprint density at radius 1 is 0.931 bits per heavy atom. The third-order valence-corrected chi connectivity index (χ3v) is 6.14. The number of rotatable bonds is 4. The molecule has 1 heterocycles. The molecule has 2 aliphatic rings. The maximum Gasteiger partial charge on any atom is 0.409 e. The van der Waals surface area contributed by atoms with Crippen LogP contribution < -0.4 is 0 Å². The van der Waals surface area contributed by atoms with E-state index < -0.39 is 0 Å². The fourth-order valence-electron chi connectivity index (χ4n) is 4.33. The Bertz CT molecular complexity index is 818. The first kappa shape index (κ1) is 20.0. The number of hydrogen-bond acceptors (Lipinski definition) is 3. The van der Waals surface area contributed by atoms with Gasteiger partial charge in [-0.2, -0.15) is 0 Å². The van der Waals surface area contributed by atoms with Crippen LogP contribution in [-0.4, -0.2) is 55.2 Å². The number of fused-ring (bicyclic) bond motifs is 3. The summed E-state index contributed by atoms with van der Waals surface area (Å²) in [6, 6.07) is 16.9. The molecule has 4 nitrogen and oxygen atoms in total. The average molecular weight is 393 g/mol. The molecule has 1 aliphatic carbocycles. The number of ether oxygens (including phenoxy) is 1. The normalized spacial score (nSPS) is 17.1. The second-order valence-corrected chi connectivity index (χ2v) is 9.44. The standard InChI is InChI=1S/C25H32N2O2/c1-25(2,3)12-13-26-14-16-27(17-15-26)24(28)29-18-23-21-10-6-4-8-19(21)20-9-5-7-11-22(20)23/h4-11,23H,12-18H2,1-3H3. The highest BCUT2D eigenvalue weighted by Gasteiger charge is 2.30. The number of piperazine rings is 1. The second-order valence-electron chi connectivity index (χ2n) is 9.44. The first-order chi connectivity index (χ1) is 13.9. The van der Waals surface area contributed by atoms with Crippen molar-refractivity contribution in [3.63, 3.8) is 0 Å². The minimum atomic E-state index is -0.178. The molecule has 29 heavy (non-hydrogen) atoms. The monoisotopic (exact) mass is 392 g/mol. The first-order valence-corrected chi connectivity index (χ1v) is 10.7. The number of benzene rings is 2. The lowest BCUT2D eigenvalue weighted by atomic mass is 9.92. The van der Waals surface area contributed by atoms with E-state index in [-0.39, 0.29) is 12.0 Å². The van der Waals surface area contributed by atoms with Crippen LogP contribution in [0.1, 0.15) is 44.2 Å². The van der Waals surface area contributed by atoms with Crippen molar-refractivity contribution in [1.29, 1.82) is 0 Å². The molecular formula is C25H32N2O2. The number of amides is 1. The van der Waals surface area contributed by atoms with Crippen molar-refractivity contribution >= 4 is 6.09 Å². The Morgan fingerprint density at radius 2 is 1.48 bits per heavy atom. The minimum absolute atomic E-state index is 0.124. The summed E-state index contributed by atoms with van der Waals surface area (Å²) in [6.45, 7) is 11.7. The Balaban J connectivity index is 1.33. The van der Waals surface area contributed by atoms with E-state index in [0.29, 0.717) is 12.0 Å². The van der Waals surface area contributed by atoms with E-state index in [9.17, 15) is 4.79 Å². The molecule has 0 spiro atoms. The largest absolute Gasteiger partial charge is 0.448 e. The lowest BCUT2D eigenvalue weighted by Crippen LogP contribution is -2.49. The van der Waals surface area contributed by atoms with Gasteiger partial charge in [0, 0.05) is 32.1 Å². The van der Waals surface area contributed by atoms with Crippen LogP contribution in [0.15, 0.2) is 48.5 Å². The minimum Gasteiger partial charge on any atom is -0.448 e. The third-order valence-electron chi connectivity index (χ3n) is 6.14. The predicted octanol–water partition coefficient (Wildman–Crippen LogP) is 4.99. The Labute approximate surface area is 174 Å². The molecule has 4 heteroatoms. The average Bonchev–Trinajstić information content (AvgIpc) is 3.04. The Morgan fingerprint density at radius 3 is 2.03 bits per heavy atom. The SMILES string of the molecule is CC(C)(C)CCN1CCN(C(=O)OCC2c3ccccc3-c3ccccc32)CC1. The van der Waals surface area contributed by atoms with Crippen molar-refractivity contribution in [2.75, 3.05) is 39.3 Å². The van der Waals surface area contributed by atoms with Crippen LogP contribution >= 0.6 is 0 Å². The van der Waals surface area contributed by atoms with Gasteiger partial charge in [-0.1, -0.05) is 69.3 Å². The van der Waals surface area contributed by atoms with Crippen LogP contribution in [0.2, 0.25) is 0 Å². The topological polar surface area (TPSA) is 32.8 Å². The van der Waals surface area contributed by atoms with Crippen LogP contribution in [0.4, 0.5) is 4.79 Å². The molecule has 0 saturated carbocycles. The lowest BCUT2D eigenvalue weighted by molar-refractivity contribution is 0.0718. The van der Waals surface area contributed by atoms with Gasteiger partial charge in [0.2, 0.25) is 0 Å². The summed E-state index contributed by atoms with van der Waals surface area (Å²) in [4.78, 5) is 17.0. The van der Waals surface area contributed by atoms with Gasteiger partial charge in [0.25, 0.3) is 0 Å². The van der Waals surface area contributed by atoms with Gasteiger partial charge in [-0.05, 0) is 40.6 Å². The highest BCUT2D eigenvalue weighted by molar-refractivity contribution is 5.79. The van der Waals surface area contributed by atoms with E-state index in [1.807, 2.05) is 4.90 Å². The van der Waals surface area contributed by atoms with E-state index >= 15 is 0 Å². The smallest absolute Gasteiger partial charge is 0.409 e. The molecular weight excluding hydrogens is 360 g/mol. The lowest BCUT2D eigenvalue weighted by Gasteiger charge is -2.35. The van der Waals surface area contributed by atoms with Crippen LogP contribution in [0, 0.1) is 5.41 Å². The van der Waals surface area contributed by atoms with Crippen molar-refractivity contribution in [2.24, 2.45) is 5.41 Å². The van der Waals surface area contributed by atoms with Crippen molar-refractivity contribution in [1.82, 2.24) is 9.80 Å². The van der Waals surface area contributed by atoms with Gasteiger partial charge in [-0.25, -0.2) is 4.79 Å². The summed E-state index contributed by atoms with van der Waals surface area (Å²) in [7, 11) is 0. The maximum atomic E-state index is 12.7. The summed E-state index contributed by atoms with van der Waals surface area (Å²) < 4.78 is 5.80. The number of nitrogens with zero attached hydrogens (tertiary/aromatic N) is 2. The van der Waals surface area contributed by atoms with Crippen LogP contribution in [0.25, 0.3) is 11.1 Å². The summed E-state index contributed by atoms with van der Waals surface area (Å²) in [5.74, 6) is 0.124. The summed E-state index contributed by atoms with van der Waals surface area (Å²) >= 11 is 0. The molecule has 154 valence electrons. The van der Waals surface area contributed by atoms with Crippen molar-refractivity contribution in [3.05, 3.63) is 59.7 Å². The molecule has 2 aromatic carbocycles. The zero-order valence-corrected chi connectivity index (χ0v) is 17.9. The fourth-order valence-corrected chi connectivity index (χ4v) is 4.33. The van der Waals surface area contributed by atoms with Crippen LogP contribution in [0.5, 0.6) is 0 Å². The quantitative estimate of drug-likeness (QED) is 0.735.